The number of likely N-dealkylation sites (tertiary alicyclic amines) is 1. The second-order valence-corrected chi connectivity index (χ2v) is 8.13. The summed E-state index contributed by atoms with van der Waals surface area (Å²) in [5.74, 6) is 0. The van der Waals surface area contributed by atoms with Crippen LogP contribution in [0.25, 0.3) is 11.1 Å². The van der Waals surface area contributed by atoms with Crippen LogP contribution in [0, 0.1) is 0 Å². The van der Waals surface area contributed by atoms with Gasteiger partial charge in [-0.05, 0) is 42.6 Å². The normalized spacial score (nSPS) is 20.5. The average molecular weight is 380 g/mol. The Kier molecular flexibility index (Phi) is 6.76. The first-order valence-electron chi connectivity index (χ1n) is 10.8. The highest BCUT2D eigenvalue weighted by atomic mass is 16.3. The van der Waals surface area contributed by atoms with Crippen molar-refractivity contribution in [3.8, 4) is 11.1 Å². The molecule has 2 aliphatic rings. The highest BCUT2D eigenvalue weighted by molar-refractivity contribution is 5.67. The van der Waals surface area contributed by atoms with Crippen molar-refractivity contribution < 1.29 is 5.11 Å². The third-order valence-electron chi connectivity index (χ3n) is 6.39. The van der Waals surface area contributed by atoms with Gasteiger partial charge in [0.1, 0.15) is 0 Å². The van der Waals surface area contributed by atoms with Crippen LogP contribution >= 0.6 is 0 Å². The Bertz CT molecular complexity index is 720. The summed E-state index contributed by atoms with van der Waals surface area (Å²) in [5, 5.41) is 9.11. The monoisotopic (exact) mass is 379 g/mol. The second kappa shape index (κ2) is 9.66. The van der Waals surface area contributed by atoms with E-state index in [4.69, 9.17) is 5.11 Å². The van der Waals surface area contributed by atoms with Crippen LogP contribution in [0.1, 0.15) is 18.4 Å². The molecule has 2 saturated heterocycles. The summed E-state index contributed by atoms with van der Waals surface area (Å²) in [6.07, 6.45) is 2.54. The van der Waals surface area contributed by atoms with Crippen LogP contribution in [-0.2, 0) is 6.54 Å². The Hall–Kier alpha value is -1.72. The van der Waals surface area contributed by atoms with Gasteiger partial charge in [-0.25, -0.2) is 0 Å². The molecule has 28 heavy (non-hydrogen) atoms. The first-order valence-corrected chi connectivity index (χ1v) is 10.8. The van der Waals surface area contributed by atoms with E-state index in [-0.39, 0.29) is 6.61 Å². The Labute approximate surface area is 169 Å². The predicted molar refractivity (Wildman–Crippen MR) is 115 cm³/mol. The molecule has 2 aliphatic heterocycles. The zero-order chi connectivity index (χ0) is 19.2. The zero-order valence-electron chi connectivity index (χ0n) is 16.8. The molecule has 0 spiro atoms. The van der Waals surface area contributed by atoms with Gasteiger partial charge in [0.2, 0.25) is 0 Å². The van der Waals surface area contributed by atoms with Gasteiger partial charge in [-0.1, -0.05) is 54.6 Å². The molecule has 0 bridgehead atoms. The van der Waals surface area contributed by atoms with Crippen LogP contribution < -0.4 is 0 Å². The average Bonchev–Trinajstić information content (AvgIpc) is 2.76. The highest BCUT2D eigenvalue weighted by Gasteiger charge is 2.27. The number of piperazine rings is 1. The molecule has 0 saturated carbocycles. The standard InChI is InChI=1S/C24H33N3O/c28-19-18-25-14-16-27(17-15-25)23-10-12-26(13-11-23)20-22-8-4-5-9-24(22)21-6-2-1-3-7-21/h1-9,23,28H,10-20H2. The molecule has 0 radical (unpaired) electrons. The highest BCUT2D eigenvalue weighted by Crippen LogP contribution is 2.26. The Morgan fingerprint density at radius 1 is 0.750 bits per heavy atom. The van der Waals surface area contributed by atoms with Gasteiger partial charge >= 0.3 is 0 Å². The van der Waals surface area contributed by atoms with Gasteiger partial charge < -0.3 is 5.11 Å². The molecule has 2 fully saturated rings. The largest absolute Gasteiger partial charge is 0.395 e. The molecule has 4 rings (SSSR count). The first-order chi connectivity index (χ1) is 13.8. The fraction of sp³-hybridized carbons (Fsp3) is 0.500. The zero-order valence-corrected chi connectivity index (χ0v) is 16.8. The molecule has 2 aromatic carbocycles. The van der Waals surface area contributed by atoms with Crippen LogP contribution in [-0.4, -0.2) is 78.3 Å². The molecule has 0 aromatic heterocycles. The molecule has 4 nitrogen and oxygen atoms in total. The molecular weight excluding hydrogens is 346 g/mol. The minimum absolute atomic E-state index is 0.281. The summed E-state index contributed by atoms with van der Waals surface area (Å²) in [5.41, 5.74) is 4.11. The van der Waals surface area contributed by atoms with E-state index in [1.165, 1.54) is 42.6 Å². The van der Waals surface area contributed by atoms with Crippen molar-refractivity contribution in [3.63, 3.8) is 0 Å². The van der Waals surface area contributed by atoms with Crippen LogP contribution in [0.15, 0.2) is 54.6 Å². The molecule has 150 valence electrons. The van der Waals surface area contributed by atoms with Crippen LogP contribution in [0.2, 0.25) is 0 Å². The van der Waals surface area contributed by atoms with E-state index < -0.39 is 0 Å². The van der Waals surface area contributed by atoms with Crippen molar-refractivity contribution in [2.24, 2.45) is 0 Å². The quantitative estimate of drug-likeness (QED) is 0.836. The van der Waals surface area contributed by atoms with Crippen molar-refractivity contribution in [3.05, 3.63) is 60.2 Å². The third kappa shape index (κ3) is 4.81. The van der Waals surface area contributed by atoms with E-state index >= 15 is 0 Å². The van der Waals surface area contributed by atoms with E-state index in [1.54, 1.807) is 0 Å². The maximum atomic E-state index is 9.11. The van der Waals surface area contributed by atoms with Crippen LogP contribution in [0.5, 0.6) is 0 Å². The minimum Gasteiger partial charge on any atom is -0.395 e. The SMILES string of the molecule is OCCN1CCN(C2CCN(Cc3ccccc3-c3ccccc3)CC2)CC1. The van der Waals surface area contributed by atoms with Crippen LogP contribution in [0.4, 0.5) is 0 Å². The third-order valence-corrected chi connectivity index (χ3v) is 6.39. The lowest BCUT2D eigenvalue weighted by molar-refractivity contribution is 0.0517. The van der Waals surface area contributed by atoms with Crippen molar-refractivity contribution >= 4 is 0 Å². The smallest absolute Gasteiger partial charge is 0.0558 e. The molecule has 2 aromatic rings. The molecule has 0 aliphatic carbocycles. The van der Waals surface area contributed by atoms with Crippen LogP contribution in [0.3, 0.4) is 0 Å². The summed E-state index contributed by atoms with van der Waals surface area (Å²) in [6.45, 7) is 9.03. The van der Waals surface area contributed by atoms with Gasteiger partial charge in [0.15, 0.2) is 0 Å². The van der Waals surface area contributed by atoms with Crippen molar-refractivity contribution in [1.29, 1.82) is 0 Å². The first kappa shape index (κ1) is 19.6. The summed E-state index contributed by atoms with van der Waals surface area (Å²) in [4.78, 5) is 7.69. The molecule has 1 N–H and O–H groups in total. The number of hydrogen-bond donors (Lipinski definition) is 1. The number of benzene rings is 2. The van der Waals surface area contributed by atoms with Gasteiger partial charge in [0.25, 0.3) is 0 Å². The fourth-order valence-electron chi connectivity index (χ4n) is 4.73. The Morgan fingerprint density at radius 3 is 2.14 bits per heavy atom. The Balaban J connectivity index is 1.31. The minimum atomic E-state index is 0.281. The predicted octanol–water partition coefficient (Wildman–Crippen LogP) is 2.93. The van der Waals surface area contributed by atoms with Crippen molar-refractivity contribution in [2.45, 2.75) is 25.4 Å². The number of nitrogens with zero attached hydrogens (tertiary/aromatic N) is 3. The number of β-amino-alcohol motifs (C(OH)–C–C–N with tert-alkyl or cyclic N) is 1. The van der Waals surface area contributed by atoms with E-state index in [0.29, 0.717) is 0 Å². The summed E-state index contributed by atoms with van der Waals surface area (Å²) in [7, 11) is 0. The fourth-order valence-corrected chi connectivity index (χ4v) is 4.73. The lowest BCUT2D eigenvalue weighted by atomic mass is 9.97. The molecular formula is C24H33N3O. The number of aliphatic hydroxyl groups is 1. The lowest BCUT2D eigenvalue weighted by Gasteiger charge is -2.42. The maximum Gasteiger partial charge on any atom is 0.0558 e. The number of rotatable bonds is 6. The topological polar surface area (TPSA) is 30.0 Å². The van der Waals surface area contributed by atoms with Gasteiger partial charge in [-0.3, -0.25) is 14.7 Å². The van der Waals surface area contributed by atoms with E-state index in [9.17, 15) is 0 Å². The molecule has 4 heteroatoms. The van der Waals surface area contributed by atoms with E-state index in [1.807, 2.05) is 0 Å². The molecule has 2 heterocycles. The van der Waals surface area contributed by atoms with Gasteiger partial charge in [-0.2, -0.15) is 0 Å². The lowest BCUT2D eigenvalue weighted by Crippen LogP contribution is -2.53. The second-order valence-electron chi connectivity index (χ2n) is 8.13. The van der Waals surface area contributed by atoms with Gasteiger partial charge in [0.05, 0.1) is 6.61 Å². The number of aliphatic hydroxyl groups excluding tert-OH is 1. The van der Waals surface area contributed by atoms with Crippen molar-refractivity contribution in [1.82, 2.24) is 14.7 Å². The van der Waals surface area contributed by atoms with Gasteiger partial charge in [-0.15, -0.1) is 0 Å². The van der Waals surface area contributed by atoms with E-state index in [2.05, 4.69) is 69.3 Å². The Morgan fingerprint density at radius 2 is 1.43 bits per heavy atom. The van der Waals surface area contributed by atoms with E-state index in [0.717, 1.165) is 45.3 Å². The number of hydrogen-bond acceptors (Lipinski definition) is 4. The number of piperidine rings is 1. The summed E-state index contributed by atoms with van der Waals surface area (Å²) in [6, 6.07) is 20.3. The molecule has 0 unspecified atom stereocenters. The summed E-state index contributed by atoms with van der Waals surface area (Å²) < 4.78 is 0. The van der Waals surface area contributed by atoms with Crippen molar-refractivity contribution in [2.75, 3.05) is 52.4 Å². The molecule has 0 amide bonds. The maximum absolute atomic E-state index is 9.11. The van der Waals surface area contributed by atoms with Gasteiger partial charge in [0, 0.05) is 45.3 Å². The summed E-state index contributed by atoms with van der Waals surface area (Å²) >= 11 is 0. The molecule has 0 atom stereocenters.